The predicted octanol–water partition coefficient (Wildman–Crippen LogP) is 4.24. The van der Waals surface area contributed by atoms with Gasteiger partial charge in [0.1, 0.15) is 11.4 Å². The summed E-state index contributed by atoms with van der Waals surface area (Å²) in [6.07, 6.45) is -3.33. The Morgan fingerprint density at radius 3 is 2.42 bits per heavy atom. The molecule has 2 N–H and O–H groups in total. The topological polar surface area (TPSA) is 85.4 Å². The minimum atomic E-state index is -4.78. The highest BCUT2D eigenvalue weighted by atomic mass is 19.4. The van der Waals surface area contributed by atoms with Crippen molar-refractivity contribution in [3.63, 3.8) is 0 Å². The molecule has 0 fully saturated rings. The molecular formula is C21H19F3N4O3. The fraction of sp³-hybridized carbons (Fsp3) is 0.190. The summed E-state index contributed by atoms with van der Waals surface area (Å²) in [6, 6.07) is 15.3. The highest BCUT2D eigenvalue weighted by molar-refractivity contribution is 5.92. The molecule has 1 aromatic heterocycles. The van der Waals surface area contributed by atoms with Gasteiger partial charge in [0.15, 0.2) is 0 Å². The Morgan fingerprint density at radius 1 is 1.06 bits per heavy atom. The number of halogens is 3. The van der Waals surface area contributed by atoms with Crippen LogP contribution in [-0.2, 0) is 4.74 Å². The van der Waals surface area contributed by atoms with Crippen LogP contribution >= 0.6 is 0 Å². The van der Waals surface area contributed by atoms with Gasteiger partial charge >= 0.3 is 6.36 Å². The molecule has 1 atom stereocenters. The first-order valence-electron chi connectivity index (χ1n) is 9.14. The number of methoxy groups -OCH3 is 1. The van der Waals surface area contributed by atoms with Crippen LogP contribution in [0.15, 0.2) is 66.9 Å². The van der Waals surface area contributed by atoms with Crippen LogP contribution in [0.25, 0.3) is 0 Å². The smallest absolute Gasteiger partial charge is 0.406 e. The molecule has 0 aliphatic rings. The average molecular weight is 432 g/mol. The highest BCUT2D eigenvalue weighted by Gasteiger charge is 2.31. The fourth-order valence-electron chi connectivity index (χ4n) is 2.72. The zero-order valence-electron chi connectivity index (χ0n) is 16.4. The zero-order chi connectivity index (χ0) is 22.3. The number of nitrogens with zero attached hydrogens (tertiary/aromatic N) is 2. The molecule has 0 aliphatic heterocycles. The number of alkyl halides is 3. The summed E-state index contributed by atoms with van der Waals surface area (Å²) >= 11 is 0. The molecule has 1 heterocycles. The van der Waals surface area contributed by atoms with Crippen molar-refractivity contribution in [2.24, 2.45) is 0 Å². The van der Waals surface area contributed by atoms with E-state index in [1.54, 1.807) is 0 Å². The molecule has 1 unspecified atom stereocenters. The van der Waals surface area contributed by atoms with E-state index in [0.29, 0.717) is 5.56 Å². The van der Waals surface area contributed by atoms with Crippen molar-refractivity contribution in [1.82, 2.24) is 15.3 Å². The third kappa shape index (κ3) is 6.68. The molecule has 31 heavy (non-hydrogen) atoms. The molecule has 3 aromatic rings. The maximum Gasteiger partial charge on any atom is 0.573 e. The van der Waals surface area contributed by atoms with E-state index in [0.717, 1.165) is 5.69 Å². The van der Waals surface area contributed by atoms with Gasteiger partial charge in [0, 0.05) is 19.0 Å². The Bertz CT molecular complexity index is 999. The van der Waals surface area contributed by atoms with E-state index in [1.165, 1.54) is 43.6 Å². The van der Waals surface area contributed by atoms with Crippen LogP contribution in [0.4, 0.5) is 24.8 Å². The molecule has 10 heteroatoms. The molecule has 1 amide bonds. The van der Waals surface area contributed by atoms with Gasteiger partial charge in [-0.15, -0.1) is 13.2 Å². The predicted molar refractivity (Wildman–Crippen MR) is 107 cm³/mol. The van der Waals surface area contributed by atoms with Gasteiger partial charge in [-0.05, 0) is 35.9 Å². The number of carbonyl (C=O) groups is 1. The summed E-state index contributed by atoms with van der Waals surface area (Å²) in [5, 5.41) is 5.77. The lowest BCUT2D eigenvalue weighted by Crippen LogP contribution is -2.32. The van der Waals surface area contributed by atoms with Crippen molar-refractivity contribution in [1.29, 1.82) is 0 Å². The average Bonchev–Trinajstić information content (AvgIpc) is 2.74. The number of rotatable bonds is 8. The third-order valence-electron chi connectivity index (χ3n) is 4.07. The molecule has 7 nitrogen and oxygen atoms in total. The fourth-order valence-corrected chi connectivity index (χ4v) is 2.72. The van der Waals surface area contributed by atoms with Gasteiger partial charge in [-0.2, -0.15) is 0 Å². The van der Waals surface area contributed by atoms with Gasteiger partial charge in [0.2, 0.25) is 5.95 Å². The second-order valence-electron chi connectivity index (χ2n) is 6.35. The number of anilines is 2. The lowest BCUT2D eigenvalue weighted by atomic mass is 10.1. The number of hydrogen-bond donors (Lipinski definition) is 2. The first-order valence-corrected chi connectivity index (χ1v) is 9.14. The van der Waals surface area contributed by atoms with Crippen molar-refractivity contribution in [3.8, 4) is 5.75 Å². The Hall–Kier alpha value is -3.66. The monoisotopic (exact) mass is 432 g/mol. The molecule has 0 saturated carbocycles. The van der Waals surface area contributed by atoms with E-state index >= 15 is 0 Å². The quantitative estimate of drug-likeness (QED) is 0.554. The van der Waals surface area contributed by atoms with Crippen LogP contribution in [0.2, 0.25) is 0 Å². The van der Waals surface area contributed by atoms with Crippen molar-refractivity contribution >= 4 is 17.5 Å². The SMILES string of the molecule is COCC(NC(=O)c1ccnc(Nc2ccccc2)n1)c1ccc(OC(F)(F)F)cc1. The maximum absolute atomic E-state index is 12.7. The largest absolute Gasteiger partial charge is 0.573 e. The van der Waals surface area contributed by atoms with E-state index < -0.39 is 18.3 Å². The number of amides is 1. The Morgan fingerprint density at radius 2 is 1.77 bits per heavy atom. The summed E-state index contributed by atoms with van der Waals surface area (Å²) < 4.78 is 46.0. The van der Waals surface area contributed by atoms with Gasteiger partial charge in [-0.1, -0.05) is 30.3 Å². The van der Waals surface area contributed by atoms with Crippen molar-refractivity contribution in [3.05, 3.63) is 78.1 Å². The lowest BCUT2D eigenvalue weighted by Gasteiger charge is -2.19. The molecular weight excluding hydrogens is 413 g/mol. The standard InChI is InChI=1S/C21H19F3N4O3/c1-30-13-18(14-7-9-16(10-8-14)31-21(22,23)24)27-19(29)17-11-12-25-20(28-17)26-15-5-3-2-4-6-15/h2-12,18H,13H2,1H3,(H,27,29)(H,25,26,28). The minimum absolute atomic E-state index is 0.103. The normalized spacial score (nSPS) is 12.1. The number of hydrogen-bond acceptors (Lipinski definition) is 6. The second-order valence-corrected chi connectivity index (χ2v) is 6.35. The third-order valence-corrected chi connectivity index (χ3v) is 4.07. The van der Waals surface area contributed by atoms with Gasteiger partial charge in [0.05, 0.1) is 12.6 Å². The number of carbonyl (C=O) groups excluding carboxylic acids is 1. The summed E-state index contributed by atoms with van der Waals surface area (Å²) in [6.45, 7) is 0.103. The summed E-state index contributed by atoms with van der Waals surface area (Å²) in [5.41, 5.74) is 1.42. The molecule has 162 valence electrons. The van der Waals surface area contributed by atoms with Crippen LogP contribution in [0.1, 0.15) is 22.1 Å². The van der Waals surface area contributed by atoms with E-state index in [9.17, 15) is 18.0 Å². The van der Waals surface area contributed by atoms with Gasteiger partial charge in [-0.3, -0.25) is 4.79 Å². The van der Waals surface area contributed by atoms with Crippen LogP contribution in [0.5, 0.6) is 5.75 Å². The van der Waals surface area contributed by atoms with Gasteiger partial charge in [0.25, 0.3) is 5.91 Å². The maximum atomic E-state index is 12.7. The molecule has 0 saturated heterocycles. The number of para-hydroxylation sites is 1. The Balaban J connectivity index is 1.71. The summed E-state index contributed by atoms with van der Waals surface area (Å²) in [5.74, 6) is -0.599. The molecule has 0 bridgehead atoms. The van der Waals surface area contributed by atoms with Crippen molar-refractivity contribution < 1.29 is 27.4 Å². The van der Waals surface area contributed by atoms with Crippen molar-refractivity contribution in [2.75, 3.05) is 19.0 Å². The van der Waals surface area contributed by atoms with Crippen LogP contribution in [-0.4, -0.2) is 36.0 Å². The summed E-state index contributed by atoms with van der Waals surface area (Å²) in [7, 11) is 1.45. The van der Waals surface area contributed by atoms with Crippen LogP contribution in [0.3, 0.4) is 0 Å². The van der Waals surface area contributed by atoms with Crippen LogP contribution in [0, 0.1) is 0 Å². The number of aromatic nitrogens is 2. The van der Waals surface area contributed by atoms with Crippen LogP contribution < -0.4 is 15.4 Å². The lowest BCUT2D eigenvalue weighted by molar-refractivity contribution is -0.274. The van der Waals surface area contributed by atoms with Crippen molar-refractivity contribution in [2.45, 2.75) is 12.4 Å². The van der Waals surface area contributed by atoms with Gasteiger partial charge in [-0.25, -0.2) is 9.97 Å². The Labute approximate surface area is 176 Å². The Kier molecular flexibility index (Phi) is 7.03. The second kappa shape index (κ2) is 9.90. The molecule has 0 aliphatic carbocycles. The summed E-state index contributed by atoms with van der Waals surface area (Å²) in [4.78, 5) is 21.0. The van der Waals surface area contributed by atoms with E-state index in [4.69, 9.17) is 4.74 Å². The first-order chi connectivity index (χ1) is 14.8. The minimum Gasteiger partial charge on any atom is -0.406 e. The molecule has 3 rings (SSSR count). The van der Waals surface area contributed by atoms with E-state index in [-0.39, 0.29) is 24.0 Å². The van der Waals surface area contributed by atoms with E-state index in [2.05, 4.69) is 25.3 Å². The molecule has 2 aromatic carbocycles. The van der Waals surface area contributed by atoms with Gasteiger partial charge < -0.3 is 20.1 Å². The number of nitrogens with one attached hydrogen (secondary N) is 2. The number of benzene rings is 2. The zero-order valence-corrected chi connectivity index (χ0v) is 16.4. The van der Waals surface area contributed by atoms with E-state index in [1.807, 2.05) is 30.3 Å². The first kappa shape index (κ1) is 22.0. The molecule has 0 spiro atoms. The highest BCUT2D eigenvalue weighted by Crippen LogP contribution is 2.24. The number of ether oxygens (including phenoxy) is 2. The molecule has 0 radical (unpaired) electrons.